The van der Waals surface area contributed by atoms with Crippen molar-refractivity contribution in [2.75, 3.05) is 26.2 Å². The van der Waals surface area contributed by atoms with Crippen LogP contribution in [0.1, 0.15) is 43.2 Å². The van der Waals surface area contributed by atoms with Gasteiger partial charge in [-0.15, -0.1) is 0 Å². The van der Waals surface area contributed by atoms with Crippen LogP contribution in [0.25, 0.3) is 0 Å². The lowest BCUT2D eigenvalue weighted by molar-refractivity contribution is -0.138. The van der Waals surface area contributed by atoms with E-state index in [0.29, 0.717) is 17.7 Å². The standard InChI is InChI=1S/C20H28N2O/c1-15-6-5-7-18(10-15)20(8-3-2-4-9-20)19(23)22-13-16-11-21-12-17(16)14-22/h5-7,10,16-17,21H,2-4,8-9,11-14H2,1H3/t16-,17+. The van der Waals surface area contributed by atoms with Crippen molar-refractivity contribution in [3.63, 3.8) is 0 Å². The number of fused-ring (bicyclic) bond motifs is 1. The van der Waals surface area contributed by atoms with E-state index in [1.807, 2.05) is 0 Å². The first kappa shape index (κ1) is 15.2. The zero-order valence-corrected chi connectivity index (χ0v) is 14.2. The maximum absolute atomic E-state index is 13.6. The molecular formula is C20H28N2O. The van der Waals surface area contributed by atoms with Gasteiger partial charge < -0.3 is 10.2 Å². The largest absolute Gasteiger partial charge is 0.341 e. The SMILES string of the molecule is Cc1cccc(C2(C(=O)N3C[C@H]4CNC[C@H]4C3)CCCCC2)c1. The van der Waals surface area contributed by atoms with Crippen molar-refractivity contribution >= 4 is 5.91 Å². The van der Waals surface area contributed by atoms with E-state index in [4.69, 9.17) is 0 Å². The second-order valence-corrected chi connectivity index (χ2v) is 7.90. The normalized spacial score (nSPS) is 29.5. The van der Waals surface area contributed by atoms with E-state index in [9.17, 15) is 4.79 Å². The molecule has 1 amide bonds. The molecule has 0 spiro atoms. The van der Waals surface area contributed by atoms with Gasteiger partial charge in [0.05, 0.1) is 5.41 Å². The van der Waals surface area contributed by atoms with Crippen molar-refractivity contribution in [1.29, 1.82) is 0 Å². The quantitative estimate of drug-likeness (QED) is 0.911. The van der Waals surface area contributed by atoms with E-state index in [0.717, 1.165) is 39.0 Å². The molecule has 23 heavy (non-hydrogen) atoms. The van der Waals surface area contributed by atoms with Crippen LogP contribution in [0.5, 0.6) is 0 Å². The Morgan fingerprint density at radius 2 is 1.83 bits per heavy atom. The van der Waals surface area contributed by atoms with Gasteiger partial charge >= 0.3 is 0 Å². The molecule has 1 aromatic carbocycles. The molecule has 0 radical (unpaired) electrons. The monoisotopic (exact) mass is 312 g/mol. The highest BCUT2D eigenvalue weighted by molar-refractivity contribution is 5.88. The van der Waals surface area contributed by atoms with Gasteiger partial charge in [0.1, 0.15) is 0 Å². The summed E-state index contributed by atoms with van der Waals surface area (Å²) in [7, 11) is 0. The van der Waals surface area contributed by atoms with E-state index in [2.05, 4.69) is 41.4 Å². The zero-order chi connectivity index (χ0) is 15.9. The molecule has 3 heteroatoms. The van der Waals surface area contributed by atoms with Gasteiger partial charge in [0.15, 0.2) is 0 Å². The Morgan fingerprint density at radius 1 is 1.13 bits per heavy atom. The molecular weight excluding hydrogens is 284 g/mol. The summed E-state index contributed by atoms with van der Waals surface area (Å²) in [5.74, 6) is 1.77. The lowest BCUT2D eigenvalue weighted by Crippen LogP contribution is -2.48. The number of rotatable bonds is 2. The highest BCUT2D eigenvalue weighted by atomic mass is 16.2. The van der Waals surface area contributed by atoms with E-state index >= 15 is 0 Å². The molecule has 1 aromatic rings. The lowest BCUT2D eigenvalue weighted by atomic mass is 9.68. The number of nitrogens with one attached hydrogen (secondary N) is 1. The first-order valence-corrected chi connectivity index (χ1v) is 9.26. The highest BCUT2D eigenvalue weighted by Gasteiger charge is 2.47. The summed E-state index contributed by atoms with van der Waals surface area (Å²) in [4.78, 5) is 15.8. The lowest BCUT2D eigenvalue weighted by Gasteiger charge is -2.39. The van der Waals surface area contributed by atoms with Crippen LogP contribution in [0.3, 0.4) is 0 Å². The van der Waals surface area contributed by atoms with Gasteiger partial charge in [0, 0.05) is 26.2 Å². The molecule has 124 valence electrons. The van der Waals surface area contributed by atoms with Crippen LogP contribution in [0.15, 0.2) is 24.3 Å². The van der Waals surface area contributed by atoms with Gasteiger partial charge in [0.25, 0.3) is 0 Å². The van der Waals surface area contributed by atoms with Crippen LogP contribution in [0.4, 0.5) is 0 Å². The molecule has 3 aliphatic rings. The van der Waals surface area contributed by atoms with Crippen molar-refractivity contribution in [3.8, 4) is 0 Å². The van der Waals surface area contributed by atoms with Gasteiger partial charge in [-0.3, -0.25) is 4.79 Å². The Balaban J connectivity index is 1.64. The molecule has 3 nitrogen and oxygen atoms in total. The minimum atomic E-state index is -0.254. The van der Waals surface area contributed by atoms with Gasteiger partial charge in [-0.1, -0.05) is 49.1 Å². The second kappa shape index (κ2) is 5.94. The first-order chi connectivity index (χ1) is 11.2. The molecule has 0 aromatic heterocycles. The van der Waals surface area contributed by atoms with E-state index in [1.54, 1.807) is 0 Å². The smallest absolute Gasteiger partial charge is 0.233 e. The van der Waals surface area contributed by atoms with Crippen LogP contribution in [-0.2, 0) is 10.2 Å². The Morgan fingerprint density at radius 3 is 2.48 bits per heavy atom. The number of benzene rings is 1. The van der Waals surface area contributed by atoms with Gasteiger partial charge in [-0.05, 0) is 37.2 Å². The predicted octanol–water partition coefficient (Wildman–Crippen LogP) is 2.87. The third-order valence-electron chi connectivity index (χ3n) is 6.36. The van der Waals surface area contributed by atoms with Crippen LogP contribution in [-0.4, -0.2) is 37.0 Å². The van der Waals surface area contributed by atoms with Crippen LogP contribution in [0, 0.1) is 18.8 Å². The fourth-order valence-corrected chi connectivity index (χ4v) is 5.05. The number of nitrogens with zero attached hydrogens (tertiary/aromatic N) is 1. The molecule has 1 aliphatic carbocycles. The van der Waals surface area contributed by atoms with E-state index < -0.39 is 0 Å². The molecule has 2 atom stereocenters. The van der Waals surface area contributed by atoms with Gasteiger partial charge in [-0.25, -0.2) is 0 Å². The molecule has 2 heterocycles. The molecule has 1 saturated carbocycles. The summed E-state index contributed by atoms with van der Waals surface area (Å²) >= 11 is 0. The van der Waals surface area contributed by atoms with Crippen LogP contribution >= 0.6 is 0 Å². The average Bonchev–Trinajstić information content (AvgIpc) is 3.16. The van der Waals surface area contributed by atoms with Crippen molar-refractivity contribution in [3.05, 3.63) is 35.4 Å². The summed E-state index contributed by atoms with van der Waals surface area (Å²) < 4.78 is 0. The first-order valence-electron chi connectivity index (χ1n) is 9.26. The summed E-state index contributed by atoms with van der Waals surface area (Å²) in [5.41, 5.74) is 2.27. The number of carbonyl (C=O) groups is 1. The second-order valence-electron chi connectivity index (χ2n) is 7.90. The van der Waals surface area contributed by atoms with Gasteiger partial charge in [0.2, 0.25) is 5.91 Å². The Hall–Kier alpha value is -1.35. The molecule has 1 N–H and O–H groups in total. The Bertz CT molecular complexity index is 579. The molecule has 0 bridgehead atoms. The molecule has 3 fully saturated rings. The van der Waals surface area contributed by atoms with Crippen LogP contribution < -0.4 is 5.32 Å². The Kier molecular flexibility index (Phi) is 3.92. The maximum atomic E-state index is 13.6. The molecule has 2 aliphatic heterocycles. The van der Waals surface area contributed by atoms with E-state index in [1.165, 1.54) is 30.4 Å². The molecule has 0 unspecified atom stereocenters. The number of hydrogen-bond donors (Lipinski definition) is 1. The fourth-order valence-electron chi connectivity index (χ4n) is 5.05. The van der Waals surface area contributed by atoms with Gasteiger partial charge in [-0.2, -0.15) is 0 Å². The molecule has 2 saturated heterocycles. The third-order valence-corrected chi connectivity index (χ3v) is 6.36. The summed E-state index contributed by atoms with van der Waals surface area (Å²) in [6.07, 6.45) is 5.69. The summed E-state index contributed by atoms with van der Waals surface area (Å²) in [6, 6.07) is 8.70. The molecule has 4 rings (SSSR count). The highest BCUT2D eigenvalue weighted by Crippen LogP contribution is 2.42. The summed E-state index contributed by atoms with van der Waals surface area (Å²) in [5, 5.41) is 3.47. The van der Waals surface area contributed by atoms with Crippen molar-refractivity contribution in [2.24, 2.45) is 11.8 Å². The zero-order valence-electron chi connectivity index (χ0n) is 14.2. The third kappa shape index (κ3) is 2.59. The van der Waals surface area contributed by atoms with E-state index in [-0.39, 0.29) is 5.41 Å². The van der Waals surface area contributed by atoms with Crippen molar-refractivity contribution in [1.82, 2.24) is 10.2 Å². The maximum Gasteiger partial charge on any atom is 0.233 e. The Labute approximate surface area is 139 Å². The summed E-state index contributed by atoms with van der Waals surface area (Å²) in [6.45, 7) is 6.24. The van der Waals surface area contributed by atoms with Crippen molar-refractivity contribution in [2.45, 2.75) is 44.4 Å². The van der Waals surface area contributed by atoms with Crippen molar-refractivity contribution < 1.29 is 4.79 Å². The number of carbonyl (C=O) groups excluding carboxylic acids is 1. The average molecular weight is 312 g/mol. The number of amides is 1. The predicted molar refractivity (Wildman–Crippen MR) is 92.4 cm³/mol. The number of likely N-dealkylation sites (tertiary alicyclic amines) is 1. The van der Waals surface area contributed by atoms with Crippen LogP contribution in [0.2, 0.25) is 0 Å². The number of aryl methyl sites for hydroxylation is 1. The number of hydrogen-bond acceptors (Lipinski definition) is 2. The minimum absolute atomic E-state index is 0.254. The topological polar surface area (TPSA) is 32.3 Å². The minimum Gasteiger partial charge on any atom is -0.341 e. The fraction of sp³-hybridized carbons (Fsp3) is 0.650.